The van der Waals surface area contributed by atoms with Crippen LogP contribution in [0, 0.1) is 12.7 Å². The topological polar surface area (TPSA) is 12.0 Å². The van der Waals surface area contributed by atoms with Gasteiger partial charge in [0.1, 0.15) is 5.82 Å². The lowest BCUT2D eigenvalue weighted by atomic mass is 10.0. The SMILES string of the molecule is CCC(Nc1ccc(C)cc1F)c1ccc(Cl)cc1. The number of halogens is 2. The van der Waals surface area contributed by atoms with E-state index in [4.69, 9.17) is 11.6 Å². The van der Waals surface area contributed by atoms with Gasteiger partial charge in [-0.15, -0.1) is 0 Å². The molecular formula is C16H17ClFN. The molecule has 0 aliphatic heterocycles. The van der Waals surface area contributed by atoms with Crippen LogP contribution in [-0.4, -0.2) is 0 Å². The normalized spacial score (nSPS) is 12.2. The van der Waals surface area contributed by atoms with Crippen molar-refractivity contribution in [2.75, 3.05) is 5.32 Å². The van der Waals surface area contributed by atoms with Crippen molar-refractivity contribution in [3.8, 4) is 0 Å². The van der Waals surface area contributed by atoms with Crippen LogP contribution in [0.3, 0.4) is 0 Å². The molecule has 0 amide bonds. The minimum Gasteiger partial charge on any atom is -0.376 e. The lowest BCUT2D eigenvalue weighted by Gasteiger charge is -2.19. The molecule has 2 rings (SSSR count). The van der Waals surface area contributed by atoms with Gasteiger partial charge >= 0.3 is 0 Å². The fourth-order valence-corrected chi connectivity index (χ4v) is 2.17. The van der Waals surface area contributed by atoms with Gasteiger partial charge in [-0.05, 0) is 48.7 Å². The Morgan fingerprint density at radius 1 is 1.16 bits per heavy atom. The minimum absolute atomic E-state index is 0.0782. The van der Waals surface area contributed by atoms with Crippen molar-refractivity contribution in [2.24, 2.45) is 0 Å². The molecule has 0 saturated carbocycles. The number of aryl methyl sites for hydroxylation is 1. The van der Waals surface area contributed by atoms with Crippen LogP contribution in [0.5, 0.6) is 0 Å². The molecule has 1 unspecified atom stereocenters. The van der Waals surface area contributed by atoms with Gasteiger partial charge in [-0.3, -0.25) is 0 Å². The lowest BCUT2D eigenvalue weighted by molar-refractivity contribution is 0.622. The van der Waals surface area contributed by atoms with Gasteiger partial charge in [0.2, 0.25) is 0 Å². The predicted molar refractivity (Wildman–Crippen MR) is 79.2 cm³/mol. The highest BCUT2D eigenvalue weighted by Gasteiger charge is 2.11. The maximum atomic E-state index is 13.8. The molecule has 0 aliphatic carbocycles. The quantitative estimate of drug-likeness (QED) is 0.794. The molecular weight excluding hydrogens is 261 g/mol. The number of rotatable bonds is 4. The Kier molecular flexibility index (Phi) is 4.43. The fourth-order valence-electron chi connectivity index (χ4n) is 2.04. The highest BCUT2D eigenvalue weighted by molar-refractivity contribution is 6.30. The molecule has 19 heavy (non-hydrogen) atoms. The Balaban J connectivity index is 2.21. The van der Waals surface area contributed by atoms with E-state index in [1.54, 1.807) is 6.07 Å². The number of nitrogens with one attached hydrogen (secondary N) is 1. The van der Waals surface area contributed by atoms with Crippen LogP contribution in [0.2, 0.25) is 5.02 Å². The Morgan fingerprint density at radius 2 is 1.84 bits per heavy atom. The summed E-state index contributed by atoms with van der Waals surface area (Å²) in [6.07, 6.45) is 0.870. The van der Waals surface area contributed by atoms with Crippen LogP contribution in [-0.2, 0) is 0 Å². The molecule has 100 valence electrons. The van der Waals surface area contributed by atoms with Gasteiger partial charge < -0.3 is 5.32 Å². The Bertz CT molecular complexity index is 551. The summed E-state index contributed by atoms with van der Waals surface area (Å²) in [4.78, 5) is 0. The van der Waals surface area contributed by atoms with Crippen LogP contribution in [0.25, 0.3) is 0 Å². The second kappa shape index (κ2) is 6.07. The molecule has 0 radical (unpaired) electrons. The Hall–Kier alpha value is -1.54. The van der Waals surface area contributed by atoms with E-state index >= 15 is 0 Å². The monoisotopic (exact) mass is 277 g/mol. The molecule has 0 bridgehead atoms. The summed E-state index contributed by atoms with van der Waals surface area (Å²) >= 11 is 5.88. The number of benzene rings is 2. The Morgan fingerprint density at radius 3 is 2.42 bits per heavy atom. The first-order chi connectivity index (χ1) is 9.10. The fraction of sp³-hybridized carbons (Fsp3) is 0.250. The van der Waals surface area contributed by atoms with Crippen LogP contribution in [0.15, 0.2) is 42.5 Å². The largest absolute Gasteiger partial charge is 0.376 e. The Labute approximate surface area is 118 Å². The zero-order chi connectivity index (χ0) is 13.8. The molecule has 1 atom stereocenters. The predicted octanol–water partition coefficient (Wildman–Crippen LogP) is 5.35. The zero-order valence-corrected chi connectivity index (χ0v) is 11.8. The maximum absolute atomic E-state index is 13.8. The van der Waals surface area contributed by atoms with Crippen molar-refractivity contribution < 1.29 is 4.39 Å². The summed E-state index contributed by atoms with van der Waals surface area (Å²) in [7, 11) is 0. The number of anilines is 1. The number of hydrogen-bond acceptors (Lipinski definition) is 1. The second-order valence-electron chi connectivity index (χ2n) is 4.64. The first-order valence-electron chi connectivity index (χ1n) is 6.38. The van der Waals surface area contributed by atoms with Gasteiger partial charge in [0, 0.05) is 5.02 Å². The van der Waals surface area contributed by atoms with Crippen molar-refractivity contribution in [3.05, 3.63) is 64.4 Å². The molecule has 2 aromatic rings. The summed E-state index contributed by atoms with van der Waals surface area (Å²) in [6.45, 7) is 3.95. The molecule has 0 saturated heterocycles. The van der Waals surface area contributed by atoms with E-state index in [1.807, 2.05) is 37.3 Å². The third-order valence-corrected chi connectivity index (χ3v) is 3.39. The number of hydrogen-bond donors (Lipinski definition) is 1. The minimum atomic E-state index is -0.215. The third-order valence-electron chi connectivity index (χ3n) is 3.13. The van der Waals surface area contributed by atoms with Crippen molar-refractivity contribution >= 4 is 17.3 Å². The average Bonchev–Trinajstić information content (AvgIpc) is 2.39. The maximum Gasteiger partial charge on any atom is 0.146 e. The van der Waals surface area contributed by atoms with Gasteiger partial charge in [-0.25, -0.2) is 4.39 Å². The van der Waals surface area contributed by atoms with E-state index in [0.717, 1.165) is 17.5 Å². The van der Waals surface area contributed by atoms with E-state index in [-0.39, 0.29) is 11.9 Å². The van der Waals surface area contributed by atoms with Crippen molar-refractivity contribution in [1.29, 1.82) is 0 Å². The summed E-state index contributed by atoms with van der Waals surface area (Å²) in [5.41, 5.74) is 2.56. The van der Waals surface area contributed by atoms with Crippen LogP contribution >= 0.6 is 11.6 Å². The first-order valence-corrected chi connectivity index (χ1v) is 6.76. The summed E-state index contributed by atoms with van der Waals surface area (Å²) in [5.74, 6) is -0.215. The molecule has 3 heteroatoms. The molecule has 0 heterocycles. The summed E-state index contributed by atoms with van der Waals surface area (Å²) < 4.78 is 13.8. The molecule has 2 aromatic carbocycles. The van der Waals surface area contributed by atoms with Gasteiger partial charge in [-0.1, -0.05) is 36.7 Å². The van der Waals surface area contributed by atoms with Gasteiger partial charge in [-0.2, -0.15) is 0 Å². The molecule has 1 nitrogen and oxygen atoms in total. The summed E-state index contributed by atoms with van der Waals surface area (Å²) in [6, 6.07) is 12.9. The van der Waals surface area contributed by atoms with Crippen molar-refractivity contribution in [3.63, 3.8) is 0 Å². The van der Waals surface area contributed by atoms with E-state index in [9.17, 15) is 4.39 Å². The highest BCUT2D eigenvalue weighted by atomic mass is 35.5. The van der Waals surface area contributed by atoms with E-state index in [2.05, 4.69) is 12.2 Å². The standard InChI is InChI=1S/C16H17ClFN/c1-3-15(12-5-7-13(17)8-6-12)19-16-9-4-11(2)10-14(16)18/h4-10,15,19H,3H2,1-2H3. The smallest absolute Gasteiger partial charge is 0.146 e. The van der Waals surface area contributed by atoms with Crippen LogP contribution in [0.1, 0.15) is 30.5 Å². The van der Waals surface area contributed by atoms with E-state index in [1.165, 1.54) is 6.07 Å². The van der Waals surface area contributed by atoms with Gasteiger partial charge in [0.15, 0.2) is 0 Å². The lowest BCUT2D eigenvalue weighted by Crippen LogP contribution is -2.10. The average molecular weight is 278 g/mol. The van der Waals surface area contributed by atoms with Gasteiger partial charge in [0.25, 0.3) is 0 Å². The van der Waals surface area contributed by atoms with E-state index in [0.29, 0.717) is 10.7 Å². The molecule has 1 N–H and O–H groups in total. The van der Waals surface area contributed by atoms with Crippen molar-refractivity contribution in [2.45, 2.75) is 26.3 Å². The first kappa shape index (κ1) is 13.9. The van der Waals surface area contributed by atoms with Gasteiger partial charge in [0.05, 0.1) is 11.7 Å². The highest BCUT2D eigenvalue weighted by Crippen LogP contribution is 2.25. The van der Waals surface area contributed by atoms with E-state index < -0.39 is 0 Å². The second-order valence-corrected chi connectivity index (χ2v) is 5.08. The van der Waals surface area contributed by atoms with Crippen LogP contribution < -0.4 is 5.32 Å². The van der Waals surface area contributed by atoms with Crippen molar-refractivity contribution in [1.82, 2.24) is 0 Å². The zero-order valence-electron chi connectivity index (χ0n) is 11.1. The third kappa shape index (κ3) is 3.48. The molecule has 0 aliphatic rings. The summed E-state index contributed by atoms with van der Waals surface area (Å²) in [5, 5.41) is 3.95. The molecule has 0 aromatic heterocycles. The molecule has 0 fully saturated rings. The van der Waals surface area contributed by atoms with Crippen LogP contribution in [0.4, 0.5) is 10.1 Å². The molecule has 0 spiro atoms.